The Hall–Kier alpha value is -0.243. The molecular weight excluding hydrogens is 394 g/mol. The summed E-state index contributed by atoms with van der Waals surface area (Å²) >= 11 is 0. The van der Waals surface area contributed by atoms with Crippen molar-refractivity contribution in [2.45, 2.75) is 63.6 Å². The normalized spacial score (nSPS) is 41.0. The Morgan fingerprint density at radius 3 is 2.77 bits per heavy atom. The lowest BCUT2D eigenvalue weighted by Gasteiger charge is -2.44. The van der Waals surface area contributed by atoms with E-state index in [1.807, 2.05) is 0 Å². The van der Waals surface area contributed by atoms with Gasteiger partial charge in [0.05, 0.1) is 12.2 Å². The molecule has 1 aliphatic heterocycles. The lowest BCUT2D eigenvalue weighted by Crippen LogP contribution is -2.46. The molecule has 0 bridgehead atoms. The molecule has 3 aliphatic carbocycles. The van der Waals surface area contributed by atoms with Gasteiger partial charge in [0.25, 0.3) is 0 Å². The Labute approximate surface area is 184 Å². The van der Waals surface area contributed by atoms with Crippen molar-refractivity contribution in [2.75, 3.05) is 47.4 Å². The zero-order chi connectivity index (χ0) is 21.4. The van der Waals surface area contributed by atoms with E-state index in [1.165, 1.54) is 32.0 Å². The first-order valence-corrected chi connectivity index (χ1v) is 15.7. The van der Waals surface area contributed by atoms with Crippen LogP contribution in [0.15, 0.2) is 12.2 Å². The predicted molar refractivity (Wildman–Crippen MR) is 122 cm³/mol. The molecule has 1 heterocycles. The van der Waals surface area contributed by atoms with Gasteiger partial charge in [0, 0.05) is 33.8 Å². The molecule has 0 amide bonds. The van der Waals surface area contributed by atoms with Crippen LogP contribution in [0.25, 0.3) is 0 Å². The van der Waals surface area contributed by atoms with Crippen molar-refractivity contribution < 1.29 is 18.9 Å². The molecule has 0 N–H and O–H groups in total. The van der Waals surface area contributed by atoms with Crippen molar-refractivity contribution in [2.24, 2.45) is 29.1 Å². The molecule has 172 valence electrons. The number of rotatable bonds is 9. The average Bonchev–Trinajstić information content (AvgIpc) is 3.17. The molecule has 6 heteroatoms. The summed E-state index contributed by atoms with van der Waals surface area (Å²) in [5.74, 6) is 2.74. The van der Waals surface area contributed by atoms with Crippen molar-refractivity contribution >= 4 is 8.07 Å². The molecule has 30 heavy (non-hydrogen) atoms. The van der Waals surface area contributed by atoms with Crippen molar-refractivity contribution in [3.63, 3.8) is 0 Å². The van der Waals surface area contributed by atoms with E-state index in [-0.39, 0.29) is 11.5 Å². The largest absolute Gasteiger partial charge is 0.359 e. The van der Waals surface area contributed by atoms with Gasteiger partial charge < -0.3 is 23.8 Å². The minimum atomic E-state index is -1.07. The number of allylic oxidation sites excluding steroid dienone is 1. The van der Waals surface area contributed by atoms with E-state index in [0.29, 0.717) is 31.5 Å². The number of ether oxygens (including phenoxy) is 4. The van der Waals surface area contributed by atoms with Crippen molar-refractivity contribution in [3.8, 4) is 0 Å². The molecule has 0 radical (unpaired) electrons. The summed E-state index contributed by atoms with van der Waals surface area (Å²) in [5.41, 5.74) is 0.204. The first-order chi connectivity index (χ1) is 14.3. The zero-order valence-electron chi connectivity index (χ0n) is 19.8. The summed E-state index contributed by atoms with van der Waals surface area (Å²) in [6.07, 6.45) is 10.0. The van der Waals surface area contributed by atoms with Crippen LogP contribution in [0.2, 0.25) is 25.7 Å². The minimum absolute atomic E-state index is 0.153. The number of methoxy groups -OCH3 is 1. The molecule has 0 aromatic rings. The number of nitrogens with zero attached hydrogens (tertiary/aromatic N) is 1. The summed E-state index contributed by atoms with van der Waals surface area (Å²) in [7, 11) is 2.94. The van der Waals surface area contributed by atoms with Gasteiger partial charge in [0.1, 0.15) is 13.6 Å². The van der Waals surface area contributed by atoms with Crippen LogP contribution in [0, 0.1) is 29.1 Å². The van der Waals surface area contributed by atoms with Gasteiger partial charge >= 0.3 is 0 Å². The molecule has 4 rings (SSSR count). The van der Waals surface area contributed by atoms with Gasteiger partial charge in [-0.3, -0.25) is 0 Å². The first kappa shape index (κ1) is 22.9. The molecule has 1 spiro atoms. The van der Waals surface area contributed by atoms with Gasteiger partial charge in [-0.1, -0.05) is 31.8 Å². The lowest BCUT2D eigenvalue weighted by molar-refractivity contribution is -0.142. The predicted octanol–water partition coefficient (Wildman–Crippen LogP) is 4.23. The Balaban J connectivity index is 1.49. The second-order valence-corrected chi connectivity index (χ2v) is 17.1. The fraction of sp³-hybridized carbons (Fsp3) is 0.917. The number of piperidine rings is 1. The highest BCUT2D eigenvalue weighted by Gasteiger charge is 2.67. The fourth-order valence-corrected chi connectivity index (χ4v) is 7.87. The Morgan fingerprint density at radius 2 is 2.00 bits per heavy atom. The van der Waals surface area contributed by atoms with Crippen LogP contribution in [0.5, 0.6) is 0 Å². The van der Waals surface area contributed by atoms with E-state index >= 15 is 0 Å². The highest BCUT2D eigenvalue weighted by molar-refractivity contribution is 6.76. The first-order valence-electron chi connectivity index (χ1n) is 12.0. The summed E-state index contributed by atoms with van der Waals surface area (Å²) < 4.78 is 24.1. The second-order valence-electron chi connectivity index (χ2n) is 11.4. The zero-order valence-corrected chi connectivity index (χ0v) is 20.8. The van der Waals surface area contributed by atoms with Crippen molar-refractivity contribution in [1.82, 2.24) is 4.90 Å². The van der Waals surface area contributed by atoms with E-state index in [2.05, 4.69) is 43.7 Å². The molecule has 5 nitrogen and oxygen atoms in total. The molecule has 3 fully saturated rings. The Kier molecular flexibility index (Phi) is 7.12. The minimum Gasteiger partial charge on any atom is -0.359 e. The quantitative estimate of drug-likeness (QED) is 0.234. The molecular formula is C24H43NO4Si. The van der Waals surface area contributed by atoms with Crippen LogP contribution in [0.4, 0.5) is 0 Å². The maximum atomic E-state index is 6.51. The third-order valence-corrected chi connectivity index (χ3v) is 10.1. The molecule has 1 saturated heterocycles. The van der Waals surface area contributed by atoms with Gasteiger partial charge in [-0.15, -0.1) is 0 Å². The number of likely N-dealkylation sites (tertiary alicyclic amines) is 1. The van der Waals surface area contributed by atoms with E-state index < -0.39 is 8.07 Å². The van der Waals surface area contributed by atoms with Crippen molar-refractivity contribution in [3.05, 3.63) is 12.2 Å². The standard InChI is InChI=1S/C24H43NO4Si/c1-25-10-9-20-18(15-25)14-24-19(13-21(23(20)24)28-16-26-2)7-6-8-22(24)29-17-27-11-12-30(3,4)5/h6,8,18-23H,7,9-17H2,1-5H3/t18-,19+,20+,21-,22-,23+,24-/m1/s1. The van der Waals surface area contributed by atoms with E-state index in [0.717, 1.165) is 31.3 Å². The maximum Gasteiger partial charge on any atom is 0.147 e. The summed E-state index contributed by atoms with van der Waals surface area (Å²) in [6, 6.07) is 1.19. The Morgan fingerprint density at radius 1 is 1.17 bits per heavy atom. The monoisotopic (exact) mass is 437 g/mol. The molecule has 0 unspecified atom stereocenters. The SMILES string of the molecule is COCO[C@@H]1C[C@@H]2CC=C[C@@H](OCOCC[Si](C)(C)C)[C@@]23C[C@@H]2CN(C)CC[C@@H]2[C@@H]13. The maximum absolute atomic E-state index is 6.51. The summed E-state index contributed by atoms with van der Waals surface area (Å²) in [4.78, 5) is 2.52. The van der Waals surface area contributed by atoms with Gasteiger partial charge in [0.2, 0.25) is 0 Å². The van der Waals surface area contributed by atoms with Crippen molar-refractivity contribution in [1.29, 1.82) is 0 Å². The third kappa shape index (κ3) is 4.46. The number of fused-ring (bicyclic) bond motifs is 2. The highest BCUT2D eigenvalue weighted by Crippen LogP contribution is 2.67. The van der Waals surface area contributed by atoms with E-state index in [1.54, 1.807) is 7.11 Å². The highest BCUT2D eigenvalue weighted by atomic mass is 28.3. The van der Waals surface area contributed by atoms with Crippen LogP contribution in [0.1, 0.15) is 25.7 Å². The number of hydrogen-bond donors (Lipinski definition) is 0. The van der Waals surface area contributed by atoms with Crippen LogP contribution >= 0.6 is 0 Å². The molecule has 7 atom stereocenters. The van der Waals surface area contributed by atoms with Crippen LogP contribution in [0.3, 0.4) is 0 Å². The van der Waals surface area contributed by atoms with Gasteiger partial charge in [-0.25, -0.2) is 0 Å². The number of hydrogen-bond acceptors (Lipinski definition) is 5. The van der Waals surface area contributed by atoms with Crippen LogP contribution < -0.4 is 0 Å². The smallest absolute Gasteiger partial charge is 0.147 e. The van der Waals surface area contributed by atoms with Gasteiger partial charge in [-0.05, 0) is 69.0 Å². The van der Waals surface area contributed by atoms with Gasteiger partial charge in [-0.2, -0.15) is 0 Å². The average molecular weight is 438 g/mol. The summed E-state index contributed by atoms with van der Waals surface area (Å²) in [5, 5.41) is 0. The molecule has 2 saturated carbocycles. The lowest BCUT2D eigenvalue weighted by atomic mass is 9.64. The van der Waals surface area contributed by atoms with E-state index in [4.69, 9.17) is 18.9 Å². The second kappa shape index (κ2) is 9.32. The molecule has 0 aromatic carbocycles. The van der Waals surface area contributed by atoms with Gasteiger partial charge in [0.15, 0.2) is 0 Å². The van der Waals surface area contributed by atoms with Crippen LogP contribution in [-0.4, -0.2) is 72.6 Å². The third-order valence-electron chi connectivity index (χ3n) is 8.36. The summed E-state index contributed by atoms with van der Waals surface area (Å²) in [6.45, 7) is 11.2. The Bertz CT molecular complexity index is 609. The van der Waals surface area contributed by atoms with Crippen LogP contribution in [-0.2, 0) is 18.9 Å². The molecule has 0 aromatic heterocycles. The van der Waals surface area contributed by atoms with E-state index in [9.17, 15) is 0 Å². The fourth-order valence-electron chi connectivity index (χ4n) is 7.11. The topological polar surface area (TPSA) is 40.2 Å². The molecule has 4 aliphatic rings.